The van der Waals surface area contributed by atoms with Gasteiger partial charge in [-0.1, -0.05) is 114 Å². The van der Waals surface area contributed by atoms with Crippen molar-refractivity contribution < 1.29 is 34.7 Å². The van der Waals surface area contributed by atoms with E-state index in [9.17, 15) is 5.11 Å². The molecule has 238 valence electrons. The molecule has 0 amide bonds. The Morgan fingerprint density at radius 1 is 0.735 bits per heavy atom. The zero-order valence-electron chi connectivity index (χ0n) is 28.9. The summed E-state index contributed by atoms with van der Waals surface area (Å²) in [5, 5.41) is 12.9. The molecule has 0 saturated heterocycles. The van der Waals surface area contributed by atoms with Gasteiger partial charge in [0.15, 0.2) is 0 Å². The first-order valence-electron chi connectivity index (χ1n) is 17.1. The summed E-state index contributed by atoms with van der Waals surface area (Å²) in [5.74, 6) is 0.757. The molecule has 0 atom stereocenters. The van der Waals surface area contributed by atoms with E-state index in [2.05, 4.69) is 16.7 Å². The number of para-hydroxylation sites is 4. The first kappa shape index (κ1) is 27.2. The van der Waals surface area contributed by atoms with Gasteiger partial charge in [-0.25, -0.2) is 4.98 Å². The van der Waals surface area contributed by atoms with Crippen LogP contribution >= 0.6 is 0 Å². The molecule has 0 aliphatic carbocycles. The Morgan fingerprint density at radius 2 is 1.51 bits per heavy atom. The zero-order chi connectivity index (χ0) is 34.7. The van der Waals surface area contributed by atoms with Crippen LogP contribution in [0, 0.1) is 12.9 Å². The molecule has 9 rings (SSSR count). The molecule has 0 spiro atoms. The van der Waals surface area contributed by atoms with Crippen LogP contribution in [0.4, 0.5) is 0 Å². The van der Waals surface area contributed by atoms with E-state index in [1.54, 1.807) is 30.5 Å². The minimum Gasteiger partial charge on any atom is -0.507 e. The van der Waals surface area contributed by atoms with Crippen LogP contribution < -0.4 is 0 Å². The molecule has 0 saturated carbocycles. The molecule has 1 N–H and O–H groups in total. The van der Waals surface area contributed by atoms with E-state index >= 15 is 0 Å². The van der Waals surface area contributed by atoms with E-state index in [0.717, 1.165) is 60.9 Å². The van der Waals surface area contributed by atoms with Crippen molar-refractivity contribution in [3.05, 3.63) is 157 Å². The van der Waals surface area contributed by atoms with Crippen molar-refractivity contribution in [2.24, 2.45) is 0 Å². The Kier molecular flexibility index (Phi) is 6.86. The van der Waals surface area contributed by atoms with E-state index in [-0.39, 0.29) is 26.8 Å². The summed E-state index contributed by atoms with van der Waals surface area (Å²) in [4.78, 5) is 9.99. The first-order chi connectivity index (χ1) is 24.8. The Bertz CT molecular complexity index is 2760. The van der Waals surface area contributed by atoms with E-state index in [0.29, 0.717) is 28.2 Å². The molecule has 3 heterocycles. The summed E-state index contributed by atoms with van der Waals surface area (Å²) < 4.78 is 31.8. The van der Waals surface area contributed by atoms with Crippen molar-refractivity contribution in [3.63, 3.8) is 0 Å². The second-order valence-corrected chi connectivity index (χ2v) is 11.7. The van der Waals surface area contributed by atoms with Gasteiger partial charge in [-0.15, -0.1) is 11.6 Å². The molecule has 6 heteroatoms. The van der Waals surface area contributed by atoms with Gasteiger partial charge in [0, 0.05) is 42.8 Å². The fourth-order valence-corrected chi connectivity index (χ4v) is 6.53. The maximum absolute atomic E-state index is 11.0. The Morgan fingerprint density at radius 3 is 2.35 bits per heavy atom. The van der Waals surface area contributed by atoms with Gasteiger partial charge < -0.3 is 9.52 Å². The number of aromatic hydroxyl groups is 1. The van der Waals surface area contributed by atoms with Gasteiger partial charge in [0.25, 0.3) is 0 Å². The maximum atomic E-state index is 11.0. The van der Waals surface area contributed by atoms with Crippen LogP contribution in [0.5, 0.6) is 5.75 Å². The SMILES string of the molecule is [2H]C([2H])([2H])c1ccc(-c2ccnc(-c3[c-]c(-c4cccc5c4nc(-c4ccccc4O)n5-c4ccccc4)c4c(c3)oc3ccccc34)c2)cc1.[Pt]. The third kappa shape index (κ3) is 5.24. The van der Waals surface area contributed by atoms with Gasteiger partial charge >= 0.3 is 0 Å². The summed E-state index contributed by atoms with van der Waals surface area (Å²) in [7, 11) is 0. The van der Waals surface area contributed by atoms with Crippen molar-refractivity contribution >= 4 is 33.0 Å². The number of aromatic nitrogens is 3. The zero-order valence-corrected chi connectivity index (χ0v) is 28.1. The third-order valence-corrected chi connectivity index (χ3v) is 8.78. The van der Waals surface area contributed by atoms with Gasteiger partial charge in [-0.05, 0) is 71.2 Å². The number of benzene rings is 6. The standard InChI is InChI=1S/C43H28N3O2.Pt/c1-27-18-20-28(21-19-27)29-22-23-44-36(25-29)30-24-35(41-34-13-6-8-17-39(34)48-40(41)26-30)32-14-9-15-37-42(32)45-43(33-12-5-7-16-38(33)47)46(37)31-10-3-2-4-11-31;/h2-23,25-26,47H,1H3;/q-1;/i1D3;. The van der Waals surface area contributed by atoms with Crippen molar-refractivity contribution in [3.8, 4) is 56.3 Å². The number of aryl methyl sites for hydroxylation is 1. The monoisotopic (exact) mass is 816 g/mol. The predicted octanol–water partition coefficient (Wildman–Crippen LogP) is 10.8. The predicted molar refractivity (Wildman–Crippen MR) is 193 cm³/mol. The molecule has 6 aromatic carbocycles. The molecule has 0 bridgehead atoms. The number of pyridine rings is 1. The summed E-state index contributed by atoms with van der Waals surface area (Å²) in [6.07, 6.45) is 1.75. The third-order valence-electron chi connectivity index (χ3n) is 8.78. The summed E-state index contributed by atoms with van der Waals surface area (Å²) >= 11 is 0. The summed E-state index contributed by atoms with van der Waals surface area (Å²) in [6.45, 7) is -2.17. The number of hydrogen-bond acceptors (Lipinski definition) is 4. The maximum Gasteiger partial charge on any atom is 0.148 e. The van der Waals surface area contributed by atoms with Crippen molar-refractivity contribution in [2.75, 3.05) is 0 Å². The van der Waals surface area contributed by atoms with Crippen molar-refractivity contribution in [2.45, 2.75) is 6.85 Å². The van der Waals surface area contributed by atoms with Crippen LogP contribution in [-0.4, -0.2) is 19.6 Å². The van der Waals surface area contributed by atoms with E-state index < -0.39 is 6.85 Å². The molecule has 3 aromatic heterocycles. The van der Waals surface area contributed by atoms with Crippen LogP contribution in [0.3, 0.4) is 0 Å². The Balaban J connectivity index is 0.00000387. The summed E-state index contributed by atoms with van der Waals surface area (Å²) in [6, 6.07) is 47.8. The van der Waals surface area contributed by atoms with E-state index in [4.69, 9.17) is 18.5 Å². The van der Waals surface area contributed by atoms with Crippen molar-refractivity contribution in [1.82, 2.24) is 14.5 Å². The average Bonchev–Trinajstić information content (AvgIpc) is 3.74. The Hall–Kier alpha value is -5.77. The molecular formula is C43H28N3O2Pt-. The number of furan rings is 1. The molecule has 9 aromatic rings. The minimum atomic E-state index is -2.17. The minimum absolute atomic E-state index is 0. The molecule has 0 unspecified atom stereocenters. The van der Waals surface area contributed by atoms with Crippen LogP contribution in [0.2, 0.25) is 0 Å². The molecule has 0 aliphatic rings. The molecule has 0 aliphatic heterocycles. The Labute approximate surface area is 301 Å². The van der Waals surface area contributed by atoms with Gasteiger partial charge in [-0.3, -0.25) is 9.55 Å². The number of imidazole rings is 1. The van der Waals surface area contributed by atoms with E-state index in [1.807, 2.05) is 109 Å². The molecule has 0 fully saturated rings. The largest absolute Gasteiger partial charge is 0.507 e. The number of hydrogen-bond donors (Lipinski definition) is 1. The van der Waals surface area contributed by atoms with Crippen LogP contribution in [-0.2, 0) is 21.1 Å². The van der Waals surface area contributed by atoms with Gasteiger partial charge in [-0.2, -0.15) is 0 Å². The topological polar surface area (TPSA) is 64.1 Å². The van der Waals surface area contributed by atoms with Crippen LogP contribution in [0.15, 0.2) is 150 Å². The normalized spacial score (nSPS) is 12.4. The summed E-state index contributed by atoms with van der Waals surface area (Å²) in [5.41, 5.74) is 9.76. The second-order valence-electron chi connectivity index (χ2n) is 11.7. The number of nitrogens with zero attached hydrogens (tertiary/aromatic N) is 3. The first-order valence-corrected chi connectivity index (χ1v) is 15.6. The molecule has 49 heavy (non-hydrogen) atoms. The van der Waals surface area contributed by atoms with Crippen LogP contribution in [0.1, 0.15) is 9.68 Å². The number of phenolic OH excluding ortho intramolecular Hbond substituents is 1. The molecule has 0 radical (unpaired) electrons. The number of fused-ring (bicyclic) bond motifs is 4. The smallest absolute Gasteiger partial charge is 0.148 e. The van der Waals surface area contributed by atoms with Gasteiger partial charge in [0.05, 0.1) is 22.2 Å². The average molecular weight is 817 g/mol. The quantitative estimate of drug-likeness (QED) is 0.176. The fourth-order valence-electron chi connectivity index (χ4n) is 6.53. The van der Waals surface area contributed by atoms with Crippen molar-refractivity contribution in [1.29, 1.82) is 0 Å². The fraction of sp³-hybridized carbons (Fsp3) is 0.0233. The van der Waals surface area contributed by atoms with Gasteiger partial charge in [0.1, 0.15) is 17.2 Å². The van der Waals surface area contributed by atoms with Crippen LogP contribution in [0.25, 0.3) is 83.6 Å². The number of rotatable bonds is 5. The second kappa shape index (κ2) is 12.4. The van der Waals surface area contributed by atoms with Gasteiger partial charge in [0.2, 0.25) is 0 Å². The number of phenols is 1. The van der Waals surface area contributed by atoms with E-state index in [1.165, 1.54) is 0 Å². The molecule has 5 nitrogen and oxygen atoms in total. The molecular weight excluding hydrogens is 786 g/mol.